The van der Waals surface area contributed by atoms with Crippen LogP contribution in [0.2, 0.25) is 5.02 Å². The molecule has 0 spiro atoms. The van der Waals surface area contributed by atoms with E-state index in [4.69, 9.17) is 22.0 Å². The van der Waals surface area contributed by atoms with Crippen molar-refractivity contribution in [3.8, 4) is 6.07 Å². The number of anilines is 1. The number of hydrogen-bond acceptors (Lipinski definition) is 3. The van der Waals surface area contributed by atoms with Crippen LogP contribution in [0, 0.1) is 17.2 Å². The van der Waals surface area contributed by atoms with Crippen molar-refractivity contribution < 1.29 is 9.90 Å². The Balaban J connectivity index is 2.97. The molecule has 112 valence electrons. The van der Waals surface area contributed by atoms with Crippen LogP contribution in [0.15, 0.2) is 24.3 Å². The van der Waals surface area contributed by atoms with E-state index in [1.165, 1.54) is 6.08 Å². The van der Waals surface area contributed by atoms with E-state index in [1.807, 2.05) is 12.1 Å². The second-order valence-electron chi connectivity index (χ2n) is 5.13. The van der Waals surface area contributed by atoms with Gasteiger partial charge in [-0.3, -0.25) is 0 Å². The molecule has 1 rings (SSSR count). The number of hydrogen-bond donors (Lipinski definition) is 1. The summed E-state index contributed by atoms with van der Waals surface area (Å²) < 4.78 is 0. The minimum Gasteiger partial charge on any atom is -0.478 e. The van der Waals surface area contributed by atoms with Gasteiger partial charge >= 0.3 is 5.97 Å². The minimum atomic E-state index is -1.01. The Morgan fingerprint density at radius 1 is 1.52 bits per heavy atom. The lowest BCUT2D eigenvalue weighted by atomic mass is 10.1. The fourth-order valence-corrected chi connectivity index (χ4v) is 2.20. The zero-order valence-corrected chi connectivity index (χ0v) is 13.0. The summed E-state index contributed by atoms with van der Waals surface area (Å²) in [5.41, 5.74) is 1.60. The fraction of sp³-hybridized carbons (Fsp3) is 0.375. The lowest BCUT2D eigenvalue weighted by Gasteiger charge is -2.26. The molecule has 0 aliphatic rings. The van der Waals surface area contributed by atoms with E-state index in [0.717, 1.165) is 18.3 Å². The molecule has 0 heterocycles. The SMILES string of the molecule is CC(C)CN(CCC#N)c1ccc(/C=C/C(=O)O)c(Cl)c1. The molecule has 1 aromatic carbocycles. The van der Waals surface area contributed by atoms with Crippen LogP contribution in [0.5, 0.6) is 0 Å². The van der Waals surface area contributed by atoms with Gasteiger partial charge in [0.2, 0.25) is 0 Å². The molecular weight excluding hydrogens is 288 g/mol. The number of carboxylic acids is 1. The molecule has 1 aromatic rings. The fourth-order valence-electron chi connectivity index (χ4n) is 1.96. The molecule has 0 amide bonds. The topological polar surface area (TPSA) is 64.3 Å². The molecule has 0 saturated heterocycles. The molecule has 0 aliphatic carbocycles. The number of nitrogens with zero attached hydrogens (tertiary/aromatic N) is 2. The number of halogens is 1. The smallest absolute Gasteiger partial charge is 0.328 e. The van der Waals surface area contributed by atoms with Crippen LogP contribution in [-0.4, -0.2) is 24.2 Å². The summed E-state index contributed by atoms with van der Waals surface area (Å²) in [7, 11) is 0. The maximum Gasteiger partial charge on any atom is 0.328 e. The van der Waals surface area contributed by atoms with Gasteiger partial charge in [0.05, 0.1) is 12.5 Å². The maximum atomic E-state index is 10.5. The Morgan fingerprint density at radius 3 is 2.76 bits per heavy atom. The lowest BCUT2D eigenvalue weighted by molar-refractivity contribution is -0.131. The van der Waals surface area contributed by atoms with Crippen LogP contribution in [0.1, 0.15) is 25.8 Å². The number of benzene rings is 1. The Morgan fingerprint density at radius 2 is 2.24 bits per heavy atom. The van der Waals surface area contributed by atoms with Crippen LogP contribution in [0.3, 0.4) is 0 Å². The molecule has 21 heavy (non-hydrogen) atoms. The van der Waals surface area contributed by atoms with Gasteiger partial charge < -0.3 is 10.0 Å². The van der Waals surface area contributed by atoms with Gasteiger partial charge in [-0.25, -0.2) is 4.79 Å². The van der Waals surface area contributed by atoms with E-state index in [2.05, 4.69) is 24.8 Å². The summed E-state index contributed by atoms with van der Waals surface area (Å²) in [6, 6.07) is 7.64. The van der Waals surface area contributed by atoms with E-state index in [0.29, 0.717) is 29.5 Å². The van der Waals surface area contributed by atoms with Crippen LogP contribution < -0.4 is 4.90 Å². The third-order valence-corrected chi connectivity index (χ3v) is 3.16. The van der Waals surface area contributed by atoms with Gasteiger partial charge in [-0.2, -0.15) is 5.26 Å². The molecule has 1 N–H and O–H groups in total. The number of carboxylic acid groups (broad SMARTS) is 1. The molecule has 4 nitrogen and oxygen atoms in total. The molecule has 5 heteroatoms. The molecule has 0 fully saturated rings. The molecule has 0 saturated carbocycles. The largest absolute Gasteiger partial charge is 0.478 e. The first-order valence-electron chi connectivity index (χ1n) is 6.76. The normalized spacial score (nSPS) is 10.8. The molecule has 0 aliphatic heterocycles. The van der Waals surface area contributed by atoms with Crippen molar-refractivity contribution in [2.45, 2.75) is 20.3 Å². The highest BCUT2D eigenvalue weighted by atomic mass is 35.5. The summed E-state index contributed by atoms with van der Waals surface area (Å²) in [6.07, 6.45) is 2.98. The summed E-state index contributed by atoms with van der Waals surface area (Å²) in [5, 5.41) is 17.9. The summed E-state index contributed by atoms with van der Waals surface area (Å²) in [5.74, 6) is -0.542. The van der Waals surface area contributed by atoms with Crippen molar-refractivity contribution in [2.75, 3.05) is 18.0 Å². The molecule has 0 aromatic heterocycles. The number of nitriles is 1. The molecule has 0 radical (unpaired) electrons. The number of carbonyl (C=O) groups is 1. The van der Waals surface area contributed by atoms with E-state index in [-0.39, 0.29) is 0 Å². The van der Waals surface area contributed by atoms with Gasteiger partial charge in [-0.1, -0.05) is 31.5 Å². The summed E-state index contributed by atoms with van der Waals surface area (Å²) >= 11 is 6.19. The highest BCUT2D eigenvalue weighted by Crippen LogP contribution is 2.25. The summed E-state index contributed by atoms with van der Waals surface area (Å²) in [4.78, 5) is 12.6. The average Bonchev–Trinajstić information content (AvgIpc) is 2.41. The standard InChI is InChI=1S/C16H19ClN2O2/c1-12(2)11-19(9-3-8-18)14-6-4-13(15(17)10-14)5-7-16(20)21/h4-7,10,12H,3,9,11H2,1-2H3,(H,20,21)/b7-5+. The Kier molecular flexibility index (Phi) is 6.77. The van der Waals surface area contributed by atoms with Gasteiger partial charge in [0, 0.05) is 29.9 Å². The minimum absolute atomic E-state index is 0.449. The predicted octanol–water partition coefficient (Wildman–Crippen LogP) is 3.81. The number of rotatable bonds is 7. The maximum absolute atomic E-state index is 10.5. The zero-order valence-electron chi connectivity index (χ0n) is 12.2. The third kappa shape index (κ3) is 5.88. The Labute approximate surface area is 130 Å². The van der Waals surface area contributed by atoms with Gasteiger partial charge in [-0.05, 0) is 29.7 Å². The Hall–Kier alpha value is -1.99. The zero-order chi connectivity index (χ0) is 15.8. The van der Waals surface area contributed by atoms with E-state index in [1.54, 1.807) is 6.07 Å². The van der Waals surface area contributed by atoms with Crippen LogP contribution in [-0.2, 0) is 4.79 Å². The van der Waals surface area contributed by atoms with Crippen molar-refractivity contribution in [2.24, 2.45) is 5.92 Å². The summed E-state index contributed by atoms with van der Waals surface area (Å²) in [6.45, 7) is 5.72. The molecular formula is C16H19ClN2O2. The van der Waals surface area contributed by atoms with Crippen molar-refractivity contribution >= 4 is 29.3 Å². The van der Waals surface area contributed by atoms with Crippen LogP contribution in [0.4, 0.5) is 5.69 Å². The highest BCUT2D eigenvalue weighted by Gasteiger charge is 2.10. The average molecular weight is 307 g/mol. The van der Waals surface area contributed by atoms with Gasteiger partial charge in [0.15, 0.2) is 0 Å². The predicted molar refractivity (Wildman–Crippen MR) is 85.4 cm³/mol. The lowest BCUT2D eigenvalue weighted by Crippen LogP contribution is -2.28. The first-order valence-corrected chi connectivity index (χ1v) is 7.14. The van der Waals surface area contributed by atoms with Crippen LogP contribution in [0.25, 0.3) is 6.08 Å². The van der Waals surface area contributed by atoms with E-state index < -0.39 is 5.97 Å². The quantitative estimate of drug-likeness (QED) is 0.778. The van der Waals surface area contributed by atoms with Gasteiger partial charge in [0.25, 0.3) is 0 Å². The third-order valence-electron chi connectivity index (χ3n) is 2.83. The van der Waals surface area contributed by atoms with E-state index in [9.17, 15) is 4.79 Å². The first-order chi connectivity index (χ1) is 9.93. The van der Waals surface area contributed by atoms with Gasteiger partial charge in [-0.15, -0.1) is 0 Å². The highest BCUT2D eigenvalue weighted by molar-refractivity contribution is 6.32. The number of aliphatic carboxylic acids is 1. The Bertz CT molecular complexity index is 562. The monoisotopic (exact) mass is 306 g/mol. The van der Waals surface area contributed by atoms with Gasteiger partial charge in [0.1, 0.15) is 0 Å². The van der Waals surface area contributed by atoms with Crippen molar-refractivity contribution in [3.63, 3.8) is 0 Å². The van der Waals surface area contributed by atoms with Crippen molar-refractivity contribution in [3.05, 3.63) is 34.9 Å². The second-order valence-corrected chi connectivity index (χ2v) is 5.53. The first kappa shape index (κ1) is 17.1. The molecule has 0 unspecified atom stereocenters. The second kappa shape index (κ2) is 8.33. The van der Waals surface area contributed by atoms with Crippen LogP contribution >= 0.6 is 11.6 Å². The van der Waals surface area contributed by atoms with E-state index >= 15 is 0 Å². The molecule has 0 atom stereocenters. The molecule has 0 bridgehead atoms. The van der Waals surface area contributed by atoms with Crippen molar-refractivity contribution in [1.29, 1.82) is 5.26 Å². The van der Waals surface area contributed by atoms with Crippen molar-refractivity contribution in [1.82, 2.24) is 0 Å².